The fraction of sp³-hybridized carbons (Fsp3) is 0.226. The molecule has 2 aromatic carbocycles. The fourth-order valence-corrected chi connectivity index (χ4v) is 6.36. The second-order valence-corrected chi connectivity index (χ2v) is 13.5. The van der Waals surface area contributed by atoms with Crippen molar-refractivity contribution in [2.24, 2.45) is 5.10 Å². The molecule has 1 aromatic heterocycles. The number of H-pyrrole nitrogens is 1. The van der Waals surface area contributed by atoms with E-state index in [0.717, 1.165) is 21.8 Å². The molecule has 0 bridgehead atoms. The molecule has 0 spiro atoms. The number of allylic oxidation sites excluding steroid dienone is 4. The minimum Gasteiger partial charge on any atom is -0.395 e. The molecule has 0 saturated heterocycles. The van der Waals surface area contributed by atoms with Gasteiger partial charge in [0.1, 0.15) is 5.69 Å². The number of hydrazone groups is 1. The molecule has 272 valence electrons. The van der Waals surface area contributed by atoms with Gasteiger partial charge in [0.2, 0.25) is 0 Å². The highest BCUT2D eigenvalue weighted by molar-refractivity contribution is 7.86. The normalized spacial score (nSPS) is 15.9. The predicted octanol–water partition coefficient (Wildman–Crippen LogP) is -0.765. The zero-order valence-electron chi connectivity index (χ0n) is 26.6. The Hall–Kier alpha value is -5.22. The number of hydrogen-bond donors (Lipinski definition) is 8. The average Bonchev–Trinajstić information content (AvgIpc) is 3.56. The Morgan fingerprint density at radius 1 is 0.824 bits per heavy atom. The number of carbonyl (C=O) groups excluding carboxylic acids is 2. The van der Waals surface area contributed by atoms with Crippen molar-refractivity contribution in [3.63, 3.8) is 0 Å². The van der Waals surface area contributed by atoms with Crippen LogP contribution < -0.4 is 16.2 Å². The van der Waals surface area contributed by atoms with Gasteiger partial charge in [-0.05, 0) is 29.3 Å². The minimum absolute atomic E-state index is 0.0232. The summed E-state index contributed by atoms with van der Waals surface area (Å²) >= 11 is 0. The second-order valence-electron chi connectivity index (χ2n) is 10.7. The summed E-state index contributed by atoms with van der Waals surface area (Å²) in [6.07, 6.45) is 5.13. The van der Waals surface area contributed by atoms with Crippen LogP contribution in [-0.4, -0.2) is 106 Å². The van der Waals surface area contributed by atoms with Crippen LogP contribution in [0.25, 0.3) is 6.08 Å². The number of aliphatic hydroxyl groups excluding tert-OH is 3. The molecule has 2 heterocycles. The van der Waals surface area contributed by atoms with Crippen molar-refractivity contribution < 1.29 is 50.8 Å². The molecule has 0 saturated carbocycles. The van der Waals surface area contributed by atoms with E-state index in [2.05, 4.69) is 20.8 Å². The van der Waals surface area contributed by atoms with Crippen molar-refractivity contribution in [1.82, 2.24) is 25.4 Å². The highest BCUT2D eigenvalue weighted by atomic mass is 32.2. The van der Waals surface area contributed by atoms with E-state index in [1.165, 1.54) is 66.8 Å². The monoisotopic (exact) mass is 746 g/mol. The first-order chi connectivity index (χ1) is 24.2. The fourth-order valence-electron chi connectivity index (χ4n) is 4.93. The molecule has 18 nitrogen and oxygen atoms in total. The molecule has 2 amide bonds. The van der Waals surface area contributed by atoms with Crippen molar-refractivity contribution in [2.75, 3.05) is 26.3 Å². The molecule has 1 aliphatic heterocycles. The van der Waals surface area contributed by atoms with Crippen molar-refractivity contribution in [3.8, 4) is 0 Å². The predicted molar refractivity (Wildman–Crippen MR) is 181 cm³/mol. The van der Waals surface area contributed by atoms with Crippen LogP contribution in [0.4, 0.5) is 0 Å². The van der Waals surface area contributed by atoms with Gasteiger partial charge < -0.3 is 26.0 Å². The third kappa shape index (κ3) is 9.52. The van der Waals surface area contributed by atoms with E-state index in [0.29, 0.717) is 0 Å². The summed E-state index contributed by atoms with van der Waals surface area (Å²) < 4.78 is 67.6. The average molecular weight is 747 g/mol. The lowest BCUT2D eigenvalue weighted by Crippen LogP contribution is -2.34. The van der Waals surface area contributed by atoms with Gasteiger partial charge in [0, 0.05) is 18.7 Å². The molecule has 0 aliphatic carbocycles. The van der Waals surface area contributed by atoms with Gasteiger partial charge in [-0.2, -0.15) is 21.9 Å². The van der Waals surface area contributed by atoms with E-state index < -0.39 is 53.6 Å². The molecule has 51 heavy (non-hydrogen) atoms. The minimum atomic E-state index is -4.64. The van der Waals surface area contributed by atoms with Crippen molar-refractivity contribution >= 4 is 43.8 Å². The van der Waals surface area contributed by atoms with Crippen LogP contribution in [0.2, 0.25) is 0 Å². The summed E-state index contributed by atoms with van der Waals surface area (Å²) in [5.74, 6) is -1.51. The first kappa shape index (κ1) is 38.6. The number of benzene rings is 2. The van der Waals surface area contributed by atoms with Crippen LogP contribution in [0, 0.1) is 0 Å². The quantitative estimate of drug-likeness (QED) is 0.0702. The first-order valence-corrected chi connectivity index (χ1v) is 17.9. The Morgan fingerprint density at radius 2 is 1.37 bits per heavy atom. The summed E-state index contributed by atoms with van der Waals surface area (Å²) in [5.41, 5.74) is -1.25. The molecule has 3 aromatic rings. The maximum atomic E-state index is 13.4. The maximum absolute atomic E-state index is 13.4. The number of aliphatic hydroxyl groups is 3. The van der Waals surface area contributed by atoms with E-state index in [1.807, 2.05) is 0 Å². The molecular formula is C31H34N6O12S2. The summed E-state index contributed by atoms with van der Waals surface area (Å²) in [7, 11) is -9.26. The lowest BCUT2D eigenvalue weighted by molar-refractivity contribution is -0.114. The number of nitrogens with zero attached hydrogens (tertiary/aromatic N) is 3. The molecule has 4 rings (SSSR count). The molecule has 0 unspecified atom stereocenters. The van der Waals surface area contributed by atoms with E-state index in [9.17, 15) is 45.4 Å². The van der Waals surface area contributed by atoms with Crippen LogP contribution in [0.3, 0.4) is 0 Å². The van der Waals surface area contributed by atoms with E-state index in [-0.39, 0.29) is 73.1 Å². The van der Waals surface area contributed by atoms with Gasteiger partial charge in [0.05, 0.1) is 41.7 Å². The number of carbonyl (C=O) groups is 2. The highest BCUT2D eigenvalue weighted by Crippen LogP contribution is 2.25. The number of nitrogens with one attached hydrogen (secondary N) is 3. The summed E-state index contributed by atoms with van der Waals surface area (Å²) in [5, 5.41) is 42.0. The van der Waals surface area contributed by atoms with Gasteiger partial charge in [-0.15, -0.1) is 0 Å². The van der Waals surface area contributed by atoms with E-state index in [4.69, 9.17) is 10.2 Å². The zero-order valence-corrected chi connectivity index (χ0v) is 28.2. The SMILES string of the molecule is O=C(NCCO)C1=NN(Cc2ccccc2S(=O)(=O)O)[C@H](O)/C1=C\C=CC=Cc1c(C(=O)NCCO)[nH]n(Cc2ccccc2S(=O)(=O)O)c1=O. The second kappa shape index (κ2) is 16.7. The number of amides is 2. The van der Waals surface area contributed by atoms with Crippen LogP contribution >= 0.6 is 0 Å². The molecule has 0 fully saturated rings. The molecule has 20 heteroatoms. The van der Waals surface area contributed by atoms with Crippen LogP contribution in [0.15, 0.2) is 98.1 Å². The van der Waals surface area contributed by atoms with Crippen LogP contribution in [0.5, 0.6) is 0 Å². The third-order valence-electron chi connectivity index (χ3n) is 7.21. The van der Waals surface area contributed by atoms with Crippen molar-refractivity contribution in [2.45, 2.75) is 29.1 Å². The topological polar surface area (TPSA) is 281 Å². The lowest BCUT2D eigenvalue weighted by Gasteiger charge is -2.20. The Bertz CT molecular complexity index is 2190. The lowest BCUT2D eigenvalue weighted by atomic mass is 10.1. The number of hydrogen-bond acceptors (Lipinski definition) is 12. The number of aromatic amines is 1. The van der Waals surface area contributed by atoms with Gasteiger partial charge in [-0.3, -0.25) is 33.6 Å². The standard InChI is InChI=1S/C31H34N6O12S2/c38-16-14-32-28(40)26-22(30(42)36(34-26)18-20-8-4-6-12-24(20)50(44,45)46)10-2-1-3-11-23-27(29(41)33-15-17-39)35-37(31(23)43)19-21-9-5-7-13-25(21)51(47,48)49/h1-13,30,35,38-39,42H,14-19H2,(H,32,40)(H,33,41)(H,44,45,46)(H,47,48,49)/b2-1?,11-3?,22-10-/t30-/m1/s1. The van der Waals surface area contributed by atoms with Gasteiger partial charge >= 0.3 is 0 Å². The highest BCUT2D eigenvalue weighted by Gasteiger charge is 2.34. The third-order valence-corrected chi connectivity index (χ3v) is 9.12. The Balaban J connectivity index is 1.65. The summed E-state index contributed by atoms with van der Waals surface area (Å²) in [6.45, 7) is -1.73. The number of aromatic nitrogens is 2. The van der Waals surface area contributed by atoms with E-state index in [1.54, 1.807) is 0 Å². The molecule has 8 N–H and O–H groups in total. The summed E-state index contributed by atoms with van der Waals surface area (Å²) in [4.78, 5) is 38.2. The largest absolute Gasteiger partial charge is 0.395 e. The van der Waals surface area contributed by atoms with Crippen molar-refractivity contribution in [1.29, 1.82) is 0 Å². The van der Waals surface area contributed by atoms with Crippen LogP contribution in [0.1, 0.15) is 27.2 Å². The molecule has 0 radical (unpaired) electrons. The zero-order chi connectivity index (χ0) is 37.3. The van der Waals surface area contributed by atoms with Crippen LogP contribution in [-0.2, 0) is 38.1 Å². The molecular weight excluding hydrogens is 713 g/mol. The smallest absolute Gasteiger partial charge is 0.294 e. The maximum Gasteiger partial charge on any atom is 0.294 e. The van der Waals surface area contributed by atoms with Gasteiger partial charge in [-0.25, -0.2) is 4.68 Å². The van der Waals surface area contributed by atoms with Crippen molar-refractivity contribution in [3.05, 3.63) is 111 Å². The van der Waals surface area contributed by atoms with Gasteiger partial charge in [0.25, 0.3) is 37.6 Å². The Morgan fingerprint density at radius 3 is 1.94 bits per heavy atom. The molecule has 1 aliphatic rings. The van der Waals surface area contributed by atoms with Gasteiger partial charge in [-0.1, -0.05) is 60.7 Å². The number of rotatable bonds is 15. The van der Waals surface area contributed by atoms with E-state index >= 15 is 0 Å². The summed E-state index contributed by atoms with van der Waals surface area (Å²) in [6, 6.07) is 10.9. The Labute approximate surface area is 291 Å². The van der Waals surface area contributed by atoms with Gasteiger partial charge in [0.15, 0.2) is 11.9 Å². The first-order valence-electron chi connectivity index (χ1n) is 15.0. The molecule has 1 atom stereocenters. The Kier molecular flexibility index (Phi) is 12.6.